The molecule has 3 N–H and O–H groups in total. The largest absolute Gasteiger partial charge is 0.355 e. The van der Waals surface area contributed by atoms with E-state index in [-0.39, 0.29) is 17.4 Å². The van der Waals surface area contributed by atoms with E-state index in [1.54, 1.807) is 7.05 Å². The number of aliphatic imine (C=N–C) groups is 1. The van der Waals surface area contributed by atoms with Gasteiger partial charge >= 0.3 is 0 Å². The minimum Gasteiger partial charge on any atom is -0.355 e. The molecule has 0 unspecified atom stereocenters. The topological polar surface area (TPSA) is 68.8 Å². The summed E-state index contributed by atoms with van der Waals surface area (Å²) in [5, 5.41) is 9.54. The highest BCUT2D eigenvalue weighted by Gasteiger charge is 2.27. The Labute approximate surface area is 141 Å². The van der Waals surface area contributed by atoms with Gasteiger partial charge in [-0.15, -0.1) is 0 Å². The van der Waals surface area contributed by atoms with Crippen molar-refractivity contribution >= 4 is 11.9 Å². The van der Waals surface area contributed by atoms with Gasteiger partial charge in [0.25, 0.3) is 0 Å². The van der Waals surface area contributed by atoms with Crippen molar-refractivity contribution in [2.75, 3.05) is 39.8 Å². The highest BCUT2D eigenvalue weighted by atomic mass is 16.1. The lowest BCUT2D eigenvalue weighted by Crippen LogP contribution is -2.55. The Bertz CT molecular complexity index is 386. The molecule has 1 rings (SSSR count). The van der Waals surface area contributed by atoms with Gasteiger partial charge in [0.1, 0.15) is 0 Å². The molecule has 0 spiro atoms. The minimum absolute atomic E-state index is 0.0257. The van der Waals surface area contributed by atoms with Gasteiger partial charge in [-0.05, 0) is 39.8 Å². The molecule has 1 fully saturated rings. The number of nitrogens with zero attached hydrogens (tertiary/aromatic N) is 2. The van der Waals surface area contributed by atoms with Gasteiger partial charge in [0.2, 0.25) is 5.91 Å². The van der Waals surface area contributed by atoms with Crippen LogP contribution in [0.4, 0.5) is 0 Å². The van der Waals surface area contributed by atoms with E-state index in [0.717, 1.165) is 12.5 Å². The van der Waals surface area contributed by atoms with Gasteiger partial charge in [-0.1, -0.05) is 20.3 Å². The maximum Gasteiger partial charge on any atom is 0.222 e. The van der Waals surface area contributed by atoms with Crippen LogP contribution in [0.2, 0.25) is 0 Å². The zero-order valence-corrected chi connectivity index (χ0v) is 15.5. The van der Waals surface area contributed by atoms with Crippen molar-refractivity contribution < 1.29 is 4.79 Å². The van der Waals surface area contributed by atoms with Crippen molar-refractivity contribution in [2.24, 2.45) is 10.9 Å². The van der Waals surface area contributed by atoms with Crippen LogP contribution in [0.5, 0.6) is 0 Å². The van der Waals surface area contributed by atoms with Gasteiger partial charge in [0.05, 0.1) is 0 Å². The summed E-state index contributed by atoms with van der Waals surface area (Å²) in [6, 6.07) is 0. The van der Waals surface area contributed by atoms with Crippen LogP contribution in [0.3, 0.4) is 0 Å². The zero-order valence-electron chi connectivity index (χ0n) is 15.5. The van der Waals surface area contributed by atoms with Gasteiger partial charge in [0, 0.05) is 38.1 Å². The van der Waals surface area contributed by atoms with Gasteiger partial charge in [-0.3, -0.25) is 14.7 Å². The number of rotatable bonds is 7. The fourth-order valence-corrected chi connectivity index (χ4v) is 2.70. The summed E-state index contributed by atoms with van der Waals surface area (Å²) < 4.78 is 0. The van der Waals surface area contributed by atoms with E-state index in [2.05, 4.69) is 39.7 Å². The predicted molar refractivity (Wildman–Crippen MR) is 96.7 cm³/mol. The number of hydrogen-bond donors (Lipinski definition) is 3. The molecule has 6 nitrogen and oxygen atoms in total. The van der Waals surface area contributed by atoms with Gasteiger partial charge < -0.3 is 16.0 Å². The van der Waals surface area contributed by atoms with Gasteiger partial charge in [-0.25, -0.2) is 0 Å². The number of carbonyl (C=O) groups excluding carboxylic acids is 1. The lowest BCUT2D eigenvalue weighted by Gasteiger charge is -2.41. The SMILES string of the molecule is CN=C(NCCNC(=O)C(C)C)NCC(C)(C)N1CCCCC1. The molecule has 1 amide bonds. The average molecular weight is 326 g/mol. The van der Waals surface area contributed by atoms with Gasteiger partial charge in [-0.2, -0.15) is 0 Å². The summed E-state index contributed by atoms with van der Waals surface area (Å²) in [5.74, 6) is 0.896. The molecule has 134 valence electrons. The maximum absolute atomic E-state index is 11.5. The molecule has 6 heteroatoms. The molecular weight excluding hydrogens is 290 g/mol. The third-order valence-corrected chi connectivity index (χ3v) is 4.37. The summed E-state index contributed by atoms with van der Waals surface area (Å²) in [7, 11) is 1.77. The summed E-state index contributed by atoms with van der Waals surface area (Å²) in [6.45, 7) is 12.8. The number of carbonyl (C=O) groups is 1. The molecule has 0 atom stereocenters. The predicted octanol–water partition coefficient (Wildman–Crippen LogP) is 1.19. The maximum atomic E-state index is 11.5. The van der Waals surface area contributed by atoms with Crippen molar-refractivity contribution in [3.8, 4) is 0 Å². The Hall–Kier alpha value is -1.30. The second kappa shape index (κ2) is 9.75. The third kappa shape index (κ3) is 7.20. The number of likely N-dealkylation sites (tertiary alicyclic amines) is 1. The first-order valence-electron chi connectivity index (χ1n) is 8.84. The summed E-state index contributed by atoms with van der Waals surface area (Å²) >= 11 is 0. The Balaban J connectivity index is 2.29. The smallest absolute Gasteiger partial charge is 0.222 e. The molecule has 0 aromatic rings. The number of nitrogens with one attached hydrogen (secondary N) is 3. The highest BCUT2D eigenvalue weighted by molar-refractivity contribution is 5.80. The number of piperidine rings is 1. The molecule has 0 aliphatic carbocycles. The fourth-order valence-electron chi connectivity index (χ4n) is 2.70. The highest BCUT2D eigenvalue weighted by Crippen LogP contribution is 2.19. The van der Waals surface area contributed by atoms with Crippen molar-refractivity contribution in [1.29, 1.82) is 0 Å². The summed E-state index contributed by atoms with van der Waals surface area (Å²) in [6.07, 6.45) is 3.95. The molecule has 23 heavy (non-hydrogen) atoms. The lowest BCUT2D eigenvalue weighted by atomic mass is 9.98. The van der Waals surface area contributed by atoms with E-state index in [4.69, 9.17) is 0 Å². The number of hydrogen-bond acceptors (Lipinski definition) is 3. The van der Waals surface area contributed by atoms with Crippen molar-refractivity contribution in [3.63, 3.8) is 0 Å². The van der Waals surface area contributed by atoms with Crippen LogP contribution >= 0.6 is 0 Å². The normalized spacial score (nSPS) is 17.2. The molecule has 0 saturated carbocycles. The van der Waals surface area contributed by atoms with Crippen LogP contribution in [-0.4, -0.2) is 62.1 Å². The Morgan fingerprint density at radius 1 is 1.09 bits per heavy atom. The van der Waals surface area contributed by atoms with Crippen molar-refractivity contribution in [1.82, 2.24) is 20.9 Å². The first-order chi connectivity index (χ1) is 10.9. The molecule has 1 aliphatic heterocycles. The van der Waals surface area contributed by atoms with Crippen molar-refractivity contribution in [2.45, 2.75) is 52.5 Å². The monoisotopic (exact) mass is 325 g/mol. The summed E-state index contributed by atoms with van der Waals surface area (Å²) in [5.41, 5.74) is 0.115. The molecule has 0 radical (unpaired) electrons. The van der Waals surface area contributed by atoms with Crippen LogP contribution in [0.1, 0.15) is 47.0 Å². The van der Waals surface area contributed by atoms with Crippen molar-refractivity contribution in [3.05, 3.63) is 0 Å². The lowest BCUT2D eigenvalue weighted by molar-refractivity contribution is -0.123. The Kier molecular flexibility index (Phi) is 8.37. The minimum atomic E-state index is 0.0257. The quantitative estimate of drug-likeness (QED) is 0.374. The van der Waals surface area contributed by atoms with Gasteiger partial charge in [0.15, 0.2) is 5.96 Å². The average Bonchev–Trinajstić information content (AvgIpc) is 2.54. The Morgan fingerprint density at radius 2 is 1.70 bits per heavy atom. The molecule has 0 aromatic carbocycles. The fraction of sp³-hybridized carbons (Fsp3) is 0.882. The van der Waals surface area contributed by atoms with E-state index < -0.39 is 0 Å². The van der Waals surface area contributed by atoms with Crippen LogP contribution in [0, 0.1) is 5.92 Å². The van der Waals surface area contributed by atoms with E-state index in [0.29, 0.717) is 13.1 Å². The van der Waals surface area contributed by atoms with E-state index in [9.17, 15) is 4.79 Å². The van der Waals surface area contributed by atoms with E-state index in [1.807, 2.05) is 13.8 Å². The van der Waals surface area contributed by atoms with Crippen LogP contribution < -0.4 is 16.0 Å². The Morgan fingerprint density at radius 3 is 2.26 bits per heavy atom. The number of guanidine groups is 1. The van der Waals surface area contributed by atoms with Crippen LogP contribution in [0.15, 0.2) is 4.99 Å². The zero-order chi connectivity index (χ0) is 17.3. The standard InChI is InChI=1S/C17H35N5O/c1-14(2)15(23)19-9-10-20-16(18-5)21-13-17(3,4)22-11-7-6-8-12-22/h14H,6-13H2,1-5H3,(H,19,23)(H2,18,20,21). The van der Waals surface area contributed by atoms with E-state index in [1.165, 1.54) is 32.4 Å². The molecular formula is C17H35N5O. The number of amides is 1. The third-order valence-electron chi connectivity index (χ3n) is 4.37. The second-order valence-corrected chi connectivity index (χ2v) is 7.16. The molecule has 1 aliphatic rings. The molecule has 0 aromatic heterocycles. The second-order valence-electron chi connectivity index (χ2n) is 7.16. The first kappa shape index (κ1) is 19.7. The van der Waals surface area contributed by atoms with Crippen LogP contribution in [0.25, 0.3) is 0 Å². The van der Waals surface area contributed by atoms with E-state index >= 15 is 0 Å². The summed E-state index contributed by atoms with van der Waals surface area (Å²) in [4.78, 5) is 18.3. The van der Waals surface area contributed by atoms with Crippen LogP contribution in [-0.2, 0) is 4.79 Å². The molecule has 0 bridgehead atoms. The first-order valence-corrected chi connectivity index (χ1v) is 8.84. The molecule has 1 saturated heterocycles. The molecule has 1 heterocycles.